The van der Waals surface area contributed by atoms with Crippen LogP contribution in [-0.2, 0) is 4.74 Å². The highest BCUT2D eigenvalue weighted by molar-refractivity contribution is 5.93. The lowest BCUT2D eigenvalue weighted by Gasteiger charge is -2.16. The number of benzene rings is 2. The lowest BCUT2D eigenvalue weighted by Crippen LogP contribution is -2.10. The van der Waals surface area contributed by atoms with E-state index in [1.165, 1.54) is 6.33 Å². The van der Waals surface area contributed by atoms with Gasteiger partial charge in [-0.2, -0.15) is 0 Å². The zero-order valence-corrected chi connectivity index (χ0v) is 16.2. The number of anilines is 2. The van der Waals surface area contributed by atoms with Crippen LogP contribution in [0.4, 0.5) is 11.5 Å². The topological polar surface area (TPSA) is 65.5 Å². The fourth-order valence-corrected chi connectivity index (χ4v) is 3.19. The van der Waals surface area contributed by atoms with Crippen molar-refractivity contribution in [3.63, 3.8) is 0 Å². The van der Waals surface area contributed by atoms with Gasteiger partial charge in [-0.05, 0) is 43.5 Å². The van der Waals surface area contributed by atoms with E-state index in [1.807, 2.05) is 36.4 Å². The highest BCUT2D eigenvalue weighted by Crippen LogP contribution is 2.35. The van der Waals surface area contributed by atoms with E-state index in [4.69, 9.17) is 20.6 Å². The molecule has 0 fully saturated rings. The van der Waals surface area contributed by atoms with Crippen LogP contribution in [0.3, 0.4) is 0 Å². The number of fused-ring (bicyclic) bond motifs is 2. The van der Waals surface area contributed by atoms with E-state index >= 15 is 0 Å². The Morgan fingerprint density at radius 2 is 1.76 bits per heavy atom. The maximum atomic E-state index is 6.03. The van der Waals surface area contributed by atoms with Crippen molar-refractivity contribution >= 4 is 22.4 Å². The molecule has 1 aromatic heterocycles. The Labute approximate surface area is 170 Å². The van der Waals surface area contributed by atoms with Gasteiger partial charge in [-0.3, -0.25) is 0 Å². The van der Waals surface area contributed by atoms with Crippen molar-refractivity contribution in [2.24, 2.45) is 0 Å². The molecule has 0 spiro atoms. The molecule has 1 aliphatic heterocycles. The van der Waals surface area contributed by atoms with E-state index in [0.717, 1.165) is 48.0 Å². The molecule has 0 aliphatic carbocycles. The van der Waals surface area contributed by atoms with Gasteiger partial charge in [0.05, 0.1) is 18.7 Å². The quantitative estimate of drug-likeness (QED) is 0.659. The molecule has 148 valence electrons. The number of ether oxygens (including phenoxy) is 3. The van der Waals surface area contributed by atoms with Crippen LogP contribution in [0.15, 0.2) is 42.7 Å². The molecule has 0 bridgehead atoms. The Kier molecular flexibility index (Phi) is 6.08. The minimum atomic E-state index is 0.469. The van der Waals surface area contributed by atoms with Gasteiger partial charge in [0, 0.05) is 29.3 Å². The molecular weight excluding hydrogens is 366 g/mol. The average Bonchev–Trinajstić information content (AvgIpc) is 2.74. The molecule has 1 aliphatic rings. The fourth-order valence-electron chi connectivity index (χ4n) is 3.19. The molecule has 1 N–H and O–H groups in total. The third-order valence-electron chi connectivity index (χ3n) is 4.67. The van der Waals surface area contributed by atoms with E-state index in [0.29, 0.717) is 37.1 Å². The first kappa shape index (κ1) is 19.0. The first-order valence-electron chi connectivity index (χ1n) is 9.79. The molecule has 3 aromatic rings. The van der Waals surface area contributed by atoms with E-state index in [9.17, 15) is 0 Å². The van der Waals surface area contributed by atoms with E-state index in [-0.39, 0.29) is 0 Å². The first-order valence-corrected chi connectivity index (χ1v) is 9.79. The van der Waals surface area contributed by atoms with Gasteiger partial charge in [-0.1, -0.05) is 12.0 Å². The fraction of sp³-hybridized carbons (Fsp3) is 0.304. The molecule has 6 heteroatoms. The predicted octanol–water partition coefficient (Wildman–Crippen LogP) is 4.31. The minimum absolute atomic E-state index is 0.469. The SMILES string of the molecule is C#Cc1cccc(Nc2ncnc3cc4c(cc23)OCCCCCOCCO4)c1. The maximum absolute atomic E-state index is 6.03. The van der Waals surface area contributed by atoms with Crippen molar-refractivity contribution in [3.8, 4) is 23.8 Å². The highest BCUT2D eigenvalue weighted by Gasteiger charge is 2.13. The van der Waals surface area contributed by atoms with Crippen molar-refractivity contribution < 1.29 is 14.2 Å². The number of hydrogen-bond donors (Lipinski definition) is 1. The Balaban J connectivity index is 1.67. The van der Waals surface area contributed by atoms with Gasteiger partial charge in [0.15, 0.2) is 11.5 Å². The summed E-state index contributed by atoms with van der Waals surface area (Å²) in [6, 6.07) is 11.5. The molecular formula is C23H23N3O3. The summed E-state index contributed by atoms with van der Waals surface area (Å²) < 4.78 is 17.5. The number of terminal acetylenes is 1. The molecule has 0 saturated heterocycles. The summed E-state index contributed by atoms with van der Waals surface area (Å²) in [6.07, 6.45) is 10.1. The summed E-state index contributed by atoms with van der Waals surface area (Å²) in [7, 11) is 0. The summed E-state index contributed by atoms with van der Waals surface area (Å²) in [6.45, 7) is 2.41. The third-order valence-corrected chi connectivity index (χ3v) is 4.67. The van der Waals surface area contributed by atoms with Crippen LogP contribution in [0.1, 0.15) is 24.8 Å². The monoisotopic (exact) mass is 389 g/mol. The molecule has 0 saturated carbocycles. The number of nitrogens with zero attached hydrogens (tertiary/aromatic N) is 2. The van der Waals surface area contributed by atoms with Crippen LogP contribution in [0.5, 0.6) is 11.5 Å². The molecule has 29 heavy (non-hydrogen) atoms. The van der Waals surface area contributed by atoms with Gasteiger partial charge in [-0.25, -0.2) is 9.97 Å². The summed E-state index contributed by atoms with van der Waals surface area (Å²) in [5.74, 6) is 4.69. The van der Waals surface area contributed by atoms with E-state index in [1.54, 1.807) is 0 Å². The Hall–Kier alpha value is -3.30. The molecule has 0 radical (unpaired) electrons. The second-order valence-electron chi connectivity index (χ2n) is 6.76. The van der Waals surface area contributed by atoms with Crippen LogP contribution >= 0.6 is 0 Å². The van der Waals surface area contributed by atoms with Crippen LogP contribution in [0.25, 0.3) is 10.9 Å². The van der Waals surface area contributed by atoms with Gasteiger partial charge >= 0.3 is 0 Å². The molecule has 0 amide bonds. The Morgan fingerprint density at radius 1 is 0.897 bits per heavy atom. The molecule has 4 rings (SSSR count). The highest BCUT2D eigenvalue weighted by atomic mass is 16.5. The zero-order chi connectivity index (χ0) is 19.9. The van der Waals surface area contributed by atoms with Gasteiger partial charge < -0.3 is 19.5 Å². The smallest absolute Gasteiger partial charge is 0.163 e. The maximum Gasteiger partial charge on any atom is 0.163 e. The molecule has 2 aromatic carbocycles. The van der Waals surface area contributed by atoms with Gasteiger partial charge in [0.1, 0.15) is 18.8 Å². The van der Waals surface area contributed by atoms with Gasteiger partial charge in [0.2, 0.25) is 0 Å². The first-order chi connectivity index (χ1) is 14.3. The Bertz CT molecular complexity index is 1030. The Morgan fingerprint density at radius 3 is 2.69 bits per heavy atom. The van der Waals surface area contributed by atoms with Crippen molar-refractivity contribution in [2.45, 2.75) is 19.3 Å². The number of rotatable bonds is 2. The van der Waals surface area contributed by atoms with Gasteiger partial charge in [0.25, 0.3) is 0 Å². The lowest BCUT2D eigenvalue weighted by atomic mass is 10.2. The van der Waals surface area contributed by atoms with Crippen molar-refractivity contribution in [3.05, 3.63) is 48.3 Å². The number of hydrogen-bond acceptors (Lipinski definition) is 6. The number of aromatic nitrogens is 2. The molecule has 0 atom stereocenters. The minimum Gasteiger partial charge on any atom is -0.490 e. The normalized spacial score (nSPS) is 15.0. The molecule has 0 unspecified atom stereocenters. The van der Waals surface area contributed by atoms with E-state index < -0.39 is 0 Å². The largest absolute Gasteiger partial charge is 0.490 e. The van der Waals surface area contributed by atoms with Crippen molar-refractivity contribution in [1.29, 1.82) is 0 Å². The van der Waals surface area contributed by atoms with Gasteiger partial charge in [-0.15, -0.1) is 6.42 Å². The average molecular weight is 389 g/mol. The van der Waals surface area contributed by atoms with Crippen molar-refractivity contribution in [2.75, 3.05) is 31.7 Å². The molecule has 6 nitrogen and oxygen atoms in total. The number of nitrogens with one attached hydrogen (secondary N) is 1. The summed E-state index contributed by atoms with van der Waals surface area (Å²) in [5.41, 5.74) is 2.44. The summed E-state index contributed by atoms with van der Waals surface area (Å²) in [4.78, 5) is 8.82. The second-order valence-corrected chi connectivity index (χ2v) is 6.76. The van der Waals surface area contributed by atoms with Crippen LogP contribution < -0.4 is 14.8 Å². The van der Waals surface area contributed by atoms with Crippen molar-refractivity contribution in [1.82, 2.24) is 9.97 Å². The second kappa shape index (κ2) is 9.26. The summed E-state index contributed by atoms with van der Waals surface area (Å²) in [5, 5.41) is 4.19. The lowest BCUT2D eigenvalue weighted by molar-refractivity contribution is 0.0927. The third kappa shape index (κ3) is 4.76. The summed E-state index contributed by atoms with van der Waals surface area (Å²) >= 11 is 0. The standard InChI is InChI=1S/C23H23N3O3/c1-2-17-7-6-8-18(13-17)26-23-19-14-21-22(15-20(19)24-16-25-23)29-12-11-27-9-4-3-5-10-28-21/h1,6-8,13-16H,3-5,9-12H2,(H,24,25,26). The van der Waals surface area contributed by atoms with Crippen LogP contribution in [0.2, 0.25) is 0 Å². The zero-order valence-electron chi connectivity index (χ0n) is 16.2. The van der Waals surface area contributed by atoms with Crippen LogP contribution in [0, 0.1) is 12.3 Å². The molecule has 2 heterocycles. The predicted molar refractivity (Wildman–Crippen MR) is 113 cm³/mol. The van der Waals surface area contributed by atoms with Crippen LogP contribution in [-0.4, -0.2) is 36.4 Å². The van der Waals surface area contributed by atoms with E-state index in [2.05, 4.69) is 21.2 Å².